The van der Waals surface area contributed by atoms with Crippen molar-refractivity contribution in [2.75, 3.05) is 26.2 Å². The summed E-state index contributed by atoms with van der Waals surface area (Å²) in [4.78, 5) is 2.71. The molecular formula is C18H28N2. The standard InChI is InChI=1S/C18H28N2/c1-14(2)20(12-15-6-5-9-19-11-15)13-17-10-16-7-3-4-8-18(16)17/h3-4,7-8,14-15,17,19H,5-6,9-13H2,1-2H3. The Balaban J connectivity index is 1.58. The molecule has 1 saturated heterocycles. The normalized spacial score (nSPS) is 25.6. The van der Waals surface area contributed by atoms with Crippen LogP contribution in [0.5, 0.6) is 0 Å². The Morgan fingerprint density at radius 3 is 2.80 bits per heavy atom. The van der Waals surface area contributed by atoms with Crippen LogP contribution in [0.25, 0.3) is 0 Å². The summed E-state index contributed by atoms with van der Waals surface area (Å²) < 4.78 is 0. The SMILES string of the molecule is CC(C)N(CC1CCCNC1)CC1Cc2ccccc21. The molecular weight excluding hydrogens is 244 g/mol. The van der Waals surface area contributed by atoms with E-state index >= 15 is 0 Å². The lowest BCUT2D eigenvalue weighted by Gasteiger charge is -2.39. The van der Waals surface area contributed by atoms with Crippen LogP contribution >= 0.6 is 0 Å². The lowest BCUT2D eigenvalue weighted by Crippen LogP contribution is -2.44. The van der Waals surface area contributed by atoms with Gasteiger partial charge in [0.2, 0.25) is 0 Å². The average Bonchev–Trinajstić information content (AvgIpc) is 2.44. The van der Waals surface area contributed by atoms with E-state index in [1.807, 2.05) is 0 Å². The van der Waals surface area contributed by atoms with Gasteiger partial charge in [0, 0.05) is 25.0 Å². The number of hydrogen-bond acceptors (Lipinski definition) is 2. The van der Waals surface area contributed by atoms with Crippen molar-refractivity contribution >= 4 is 0 Å². The van der Waals surface area contributed by atoms with E-state index < -0.39 is 0 Å². The minimum Gasteiger partial charge on any atom is -0.316 e. The minimum atomic E-state index is 0.657. The smallest absolute Gasteiger partial charge is 0.00564 e. The maximum atomic E-state index is 3.55. The van der Waals surface area contributed by atoms with Gasteiger partial charge in [-0.1, -0.05) is 24.3 Å². The average molecular weight is 272 g/mol. The zero-order valence-electron chi connectivity index (χ0n) is 12.9. The molecule has 1 aromatic rings. The lowest BCUT2D eigenvalue weighted by molar-refractivity contribution is 0.157. The van der Waals surface area contributed by atoms with Gasteiger partial charge in [-0.2, -0.15) is 0 Å². The largest absolute Gasteiger partial charge is 0.316 e. The van der Waals surface area contributed by atoms with Crippen LogP contribution in [0.15, 0.2) is 24.3 Å². The molecule has 2 heteroatoms. The number of piperidine rings is 1. The molecule has 1 fully saturated rings. The molecule has 1 N–H and O–H groups in total. The topological polar surface area (TPSA) is 15.3 Å². The third kappa shape index (κ3) is 3.07. The molecule has 2 unspecified atom stereocenters. The minimum absolute atomic E-state index is 0.657. The molecule has 0 radical (unpaired) electrons. The third-order valence-corrected chi connectivity index (χ3v) is 5.04. The van der Waals surface area contributed by atoms with Crippen molar-refractivity contribution in [1.82, 2.24) is 10.2 Å². The number of nitrogens with zero attached hydrogens (tertiary/aromatic N) is 1. The van der Waals surface area contributed by atoms with Gasteiger partial charge in [-0.05, 0) is 63.2 Å². The Bertz CT molecular complexity index is 435. The van der Waals surface area contributed by atoms with Crippen LogP contribution < -0.4 is 5.32 Å². The maximum Gasteiger partial charge on any atom is 0.00564 e. The van der Waals surface area contributed by atoms with Crippen molar-refractivity contribution in [2.24, 2.45) is 5.92 Å². The first-order valence-electron chi connectivity index (χ1n) is 8.26. The van der Waals surface area contributed by atoms with Crippen LogP contribution in [-0.2, 0) is 6.42 Å². The number of fused-ring (bicyclic) bond motifs is 1. The predicted molar refractivity (Wildman–Crippen MR) is 85.2 cm³/mol. The fourth-order valence-corrected chi connectivity index (χ4v) is 3.72. The fourth-order valence-electron chi connectivity index (χ4n) is 3.72. The summed E-state index contributed by atoms with van der Waals surface area (Å²) in [6, 6.07) is 9.63. The fraction of sp³-hybridized carbons (Fsp3) is 0.667. The van der Waals surface area contributed by atoms with Gasteiger partial charge in [-0.3, -0.25) is 4.90 Å². The summed E-state index contributed by atoms with van der Waals surface area (Å²) in [5, 5.41) is 3.55. The van der Waals surface area contributed by atoms with Gasteiger partial charge >= 0.3 is 0 Å². The molecule has 2 aliphatic rings. The molecule has 1 heterocycles. The number of hydrogen-bond donors (Lipinski definition) is 1. The van der Waals surface area contributed by atoms with Crippen LogP contribution in [0.3, 0.4) is 0 Å². The van der Waals surface area contributed by atoms with E-state index in [4.69, 9.17) is 0 Å². The maximum absolute atomic E-state index is 3.55. The Labute approximate surface area is 123 Å². The first-order valence-corrected chi connectivity index (χ1v) is 8.26. The van der Waals surface area contributed by atoms with E-state index in [-0.39, 0.29) is 0 Å². The van der Waals surface area contributed by atoms with Gasteiger partial charge in [0.05, 0.1) is 0 Å². The monoisotopic (exact) mass is 272 g/mol. The Hall–Kier alpha value is -0.860. The molecule has 3 rings (SSSR count). The van der Waals surface area contributed by atoms with E-state index in [0.29, 0.717) is 6.04 Å². The molecule has 0 amide bonds. The van der Waals surface area contributed by atoms with Crippen LogP contribution in [-0.4, -0.2) is 37.1 Å². The van der Waals surface area contributed by atoms with Crippen LogP contribution in [0.1, 0.15) is 43.7 Å². The van der Waals surface area contributed by atoms with Gasteiger partial charge < -0.3 is 5.32 Å². The molecule has 110 valence electrons. The summed E-state index contributed by atoms with van der Waals surface area (Å²) in [5.74, 6) is 1.62. The highest BCUT2D eigenvalue weighted by Gasteiger charge is 2.29. The van der Waals surface area contributed by atoms with Crippen molar-refractivity contribution < 1.29 is 0 Å². The van der Waals surface area contributed by atoms with Crippen molar-refractivity contribution in [3.8, 4) is 0 Å². The molecule has 0 saturated carbocycles. The van der Waals surface area contributed by atoms with Gasteiger partial charge in [-0.15, -0.1) is 0 Å². The molecule has 20 heavy (non-hydrogen) atoms. The van der Waals surface area contributed by atoms with Gasteiger partial charge in [0.15, 0.2) is 0 Å². The summed E-state index contributed by atoms with van der Waals surface area (Å²) >= 11 is 0. The summed E-state index contributed by atoms with van der Waals surface area (Å²) in [5.41, 5.74) is 3.17. The number of benzene rings is 1. The molecule has 0 spiro atoms. The second kappa shape index (κ2) is 6.28. The first kappa shape index (κ1) is 14.1. The van der Waals surface area contributed by atoms with Crippen LogP contribution in [0.2, 0.25) is 0 Å². The second-order valence-electron chi connectivity index (χ2n) is 6.86. The van der Waals surface area contributed by atoms with Gasteiger partial charge in [0.1, 0.15) is 0 Å². The highest BCUT2D eigenvalue weighted by Crippen LogP contribution is 2.35. The molecule has 0 bridgehead atoms. The summed E-state index contributed by atoms with van der Waals surface area (Å²) in [6.07, 6.45) is 4.03. The lowest BCUT2D eigenvalue weighted by atomic mass is 9.77. The van der Waals surface area contributed by atoms with E-state index in [1.54, 1.807) is 11.1 Å². The van der Waals surface area contributed by atoms with Crippen molar-refractivity contribution in [2.45, 2.75) is 45.1 Å². The number of rotatable bonds is 5. The van der Waals surface area contributed by atoms with E-state index in [1.165, 1.54) is 45.4 Å². The highest BCUT2D eigenvalue weighted by molar-refractivity contribution is 5.40. The summed E-state index contributed by atoms with van der Waals surface area (Å²) in [7, 11) is 0. The predicted octanol–water partition coefficient (Wildman–Crippen LogP) is 3.04. The van der Waals surface area contributed by atoms with E-state index in [2.05, 4.69) is 48.3 Å². The zero-order valence-corrected chi connectivity index (χ0v) is 12.9. The molecule has 2 atom stereocenters. The molecule has 1 aliphatic carbocycles. The van der Waals surface area contributed by atoms with Crippen LogP contribution in [0, 0.1) is 5.92 Å². The van der Waals surface area contributed by atoms with Crippen molar-refractivity contribution in [3.63, 3.8) is 0 Å². The molecule has 2 nitrogen and oxygen atoms in total. The number of nitrogens with one attached hydrogen (secondary N) is 1. The Morgan fingerprint density at radius 1 is 1.25 bits per heavy atom. The van der Waals surface area contributed by atoms with Gasteiger partial charge in [-0.25, -0.2) is 0 Å². The Kier molecular flexibility index (Phi) is 4.42. The summed E-state index contributed by atoms with van der Waals surface area (Å²) in [6.45, 7) is 9.63. The third-order valence-electron chi connectivity index (χ3n) is 5.04. The molecule has 0 aromatic heterocycles. The van der Waals surface area contributed by atoms with Crippen LogP contribution in [0.4, 0.5) is 0 Å². The first-order chi connectivity index (χ1) is 9.74. The second-order valence-corrected chi connectivity index (χ2v) is 6.86. The highest BCUT2D eigenvalue weighted by atomic mass is 15.2. The quantitative estimate of drug-likeness (QED) is 0.886. The Morgan fingerprint density at radius 2 is 2.10 bits per heavy atom. The van der Waals surface area contributed by atoms with Crippen molar-refractivity contribution in [3.05, 3.63) is 35.4 Å². The zero-order chi connectivity index (χ0) is 13.9. The molecule has 1 aliphatic heterocycles. The van der Waals surface area contributed by atoms with E-state index in [0.717, 1.165) is 11.8 Å². The van der Waals surface area contributed by atoms with Crippen molar-refractivity contribution in [1.29, 1.82) is 0 Å². The van der Waals surface area contributed by atoms with Gasteiger partial charge in [0.25, 0.3) is 0 Å². The van der Waals surface area contributed by atoms with E-state index in [9.17, 15) is 0 Å². The molecule has 1 aromatic carbocycles.